The van der Waals surface area contributed by atoms with Crippen LogP contribution in [0.25, 0.3) is 0 Å². The fourth-order valence-electron chi connectivity index (χ4n) is 1.42. The Hall–Kier alpha value is -1.16. The Labute approximate surface area is 87.5 Å². The number of hydrogen-bond acceptors (Lipinski definition) is 2. The van der Waals surface area contributed by atoms with Gasteiger partial charge in [0.2, 0.25) is 0 Å². The average Bonchev–Trinajstić information content (AvgIpc) is 2.16. The van der Waals surface area contributed by atoms with Crippen LogP contribution in [0.2, 0.25) is 0 Å². The standard InChI is InChI=1S/C11H14F2O2/c1-7(14)5-8-3-4-10(15-2)9(6-8)11(12)13/h3-4,6-7,11,14H,5H2,1-2H3. The summed E-state index contributed by atoms with van der Waals surface area (Å²) in [6.07, 6.45) is -2.73. The summed E-state index contributed by atoms with van der Waals surface area (Å²) in [6.45, 7) is 1.62. The van der Waals surface area contributed by atoms with Gasteiger partial charge < -0.3 is 9.84 Å². The highest BCUT2D eigenvalue weighted by molar-refractivity contribution is 5.38. The molecule has 0 fully saturated rings. The van der Waals surface area contributed by atoms with Crippen LogP contribution < -0.4 is 4.74 Å². The molecular weight excluding hydrogens is 202 g/mol. The molecule has 1 aromatic carbocycles. The van der Waals surface area contributed by atoms with Crippen molar-refractivity contribution < 1.29 is 18.6 Å². The van der Waals surface area contributed by atoms with Crippen LogP contribution in [0.3, 0.4) is 0 Å². The van der Waals surface area contributed by atoms with E-state index in [1.165, 1.54) is 19.2 Å². The summed E-state index contributed by atoms with van der Waals surface area (Å²) in [4.78, 5) is 0. The average molecular weight is 216 g/mol. The van der Waals surface area contributed by atoms with E-state index in [1.807, 2.05) is 0 Å². The summed E-state index contributed by atoms with van der Waals surface area (Å²) >= 11 is 0. The Bertz CT molecular complexity index is 324. The second-order valence-electron chi connectivity index (χ2n) is 3.43. The number of alkyl halides is 2. The molecule has 0 saturated heterocycles. The fourth-order valence-corrected chi connectivity index (χ4v) is 1.42. The minimum Gasteiger partial charge on any atom is -0.496 e. The number of halogens is 2. The van der Waals surface area contributed by atoms with Crippen LogP contribution in [0, 0.1) is 0 Å². The summed E-state index contributed by atoms with van der Waals surface area (Å²) in [7, 11) is 1.36. The first-order valence-corrected chi connectivity index (χ1v) is 4.67. The Kier molecular flexibility index (Phi) is 4.03. The van der Waals surface area contributed by atoms with Gasteiger partial charge in [-0.1, -0.05) is 6.07 Å². The number of aliphatic hydroxyl groups excluding tert-OH is 1. The fraction of sp³-hybridized carbons (Fsp3) is 0.455. The van der Waals surface area contributed by atoms with Crippen LogP contribution in [0.5, 0.6) is 5.75 Å². The molecule has 0 aliphatic heterocycles. The highest BCUT2D eigenvalue weighted by atomic mass is 19.3. The zero-order chi connectivity index (χ0) is 11.4. The van der Waals surface area contributed by atoms with Gasteiger partial charge in [-0.15, -0.1) is 0 Å². The maximum absolute atomic E-state index is 12.6. The molecule has 0 radical (unpaired) electrons. The van der Waals surface area contributed by atoms with Gasteiger partial charge in [-0.3, -0.25) is 0 Å². The van der Waals surface area contributed by atoms with Gasteiger partial charge >= 0.3 is 0 Å². The lowest BCUT2D eigenvalue weighted by Crippen LogP contribution is -2.05. The van der Waals surface area contributed by atoms with Gasteiger partial charge in [-0.25, -0.2) is 8.78 Å². The van der Waals surface area contributed by atoms with E-state index in [2.05, 4.69) is 0 Å². The molecule has 0 aliphatic carbocycles. The molecule has 1 aromatic rings. The van der Waals surface area contributed by atoms with E-state index in [1.54, 1.807) is 13.0 Å². The van der Waals surface area contributed by atoms with E-state index in [0.29, 0.717) is 12.0 Å². The molecule has 1 N–H and O–H groups in total. The molecule has 1 atom stereocenters. The van der Waals surface area contributed by atoms with Gasteiger partial charge in [0.1, 0.15) is 5.75 Å². The first kappa shape index (κ1) is 11.9. The van der Waals surface area contributed by atoms with Crippen LogP contribution in [0.4, 0.5) is 8.78 Å². The zero-order valence-electron chi connectivity index (χ0n) is 8.71. The van der Waals surface area contributed by atoms with Crippen molar-refractivity contribution in [2.75, 3.05) is 7.11 Å². The molecule has 1 unspecified atom stereocenters. The summed E-state index contributed by atoms with van der Waals surface area (Å²) < 4.78 is 30.0. The third-order valence-corrected chi connectivity index (χ3v) is 2.06. The maximum Gasteiger partial charge on any atom is 0.267 e. The summed E-state index contributed by atoms with van der Waals surface area (Å²) in [6, 6.07) is 4.55. The molecule has 1 rings (SSSR count). The molecule has 0 saturated carbocycles. The minimum atomic E-state index is -2.56. The van der Waals surface area contributed by atoms with Crippen molar-refractivity contribution in [2.45, 2.75) is 25.9 Å². The highest BCUT2D eigenvalue weighted by Gasteiger charge is 2.14. The first-order chi connectivity index (χ1) is 7.04. The quantitative estimate of drug-likeness (QED) is 0.838. The van der Waals surface area contributed by atoms with Crippen molar-refractivity contribution in [3.05, 3.63) is 29.3 Å². The molecule has 84 valence electrons. The largest absolute Gasteiger partial charge is 0.496 e. The highest BCUT2D eigenvalue weighted by Crippen LogP contribution is 2.29. The summed E-state index contributed by atoms with van der Waals surface area (Å²) in [5, 5.41) is 9.14. The number of aliphatic hydroxyl groups is 1. The van der Waals surface area contributed by atoms with E-state index < -0.39 is 12.5 Å². The summed E-state index contributed by atoms with van der Waals surface area (Å²) in [5.74, 6) is 0.180. The molecule has 0 spiro atoms. The van der Waals surface area contributed by atoms with Crippen molar-refractivity contribution in [3.8, 4) is 5.75 Å². The van der Waals surface area contributed by atoms with Crippen molar-refractivity contribution in [3.63, 3.8) is 0 Å². The number of hydrogen-bond donors (Lipinski definition) is 1. The SMILES string of the molecule is COc1ccc(CC(C)O)cc1C(F)F. The van der Waals surface area contributed by atoms with Gasteiger partial charge in [-0.2, -0.15) is 0 Å². The second kappa shape index (κ2) is 5.07. The van der Waals surface area contributed by atoms with Crippen LogP contribution in [-0.2, 0) is 6.42 Å². The van der Waals surface area contributed by atoms with E-state index >= 15 is 0 Å². The smallest absolute Gasteiger partial charge is 0.267 e. The molecule has 15 heavy (non-hydrogen) atoms. The number of benzene rings is 1. The number of rotatable bonds is 4. The van der Waals surface area contributed by atoms with Gasteiger partial charge in [-0.05, 0) is 31.0 Å². The summed E-state index contributed by atoms with van der Waals surface area (Å²) in [5.41, 5.74) is 0.553. The minimum absolute atomic E-state index is 0.129. The van der Waals surface area contributed by atoms with E-state index in [-0.39, 0.29) is 11.3 Å². The van der Waals surface area contributed by atoms with E-state index in [9.17, 15) is 8.78 Å². The third kappa shape index (κ3) is 3.16. The van der Waals surface area contributed by atoms with Gasteiger partial charge in [0.25, 0.3) is 6.43 Å². The lowest BCUT2D eigenvalue weighted by molar-refractivity contribution is 0.146. The Morgan fingerprint density at radius 3 is 2.53 bits per heavy atom. The zero-order valence-corrected chi connectivity index (χ0v) is 8.71. The molecule has 0 aliphatic rings. The van der Waals surface area contributed by atoms with Crippen molar-refractivity contribution in [2.24, 2.45) is 0 Å². The molecule has 0 amide bonds. The Balaban J connectivity index is 2.99. The predicted octanol–water partition coefficient (Wildman–Crippen LogP) is 2.56. The van der Waals surface area contributed by atoms with Crippen LogP contribution in [0.1, 0.15) is 24.5 Å². The molecule has 0 bridgehead atoms. The van der Waals surface area contributed by atoms with E-state index in [4.69, 9.17) is 9.84 Å². The van der Waals surface area contributed by atoms with Gasteiger partial charge in [0.05, 0.1) is 18.8 Å². The number of methoxy groups -OCH3 is 1. The predicted molar refractivity (Wildman–Crippen MR) is 53.3 cm³/mol. The molecule has 2 nitrogen and oxygen atoms in total. The Morgan fingerprint density at radius 1 is 1.40 bits per heavy atom. The van der Waals surface area contributed by atoms with Gasteiger partial charge in [0.15, 0.2) is 0 Å². The van der Waals surface area contributed by atoms with Gasteiger partial charge in [0, 0.05) is 0 Å². The number of ether oxygens (including phenoxy) is 1. The van der Waals surface area contributed by atoms with Crippen molar-refractivity contribution in [1.82, 2.24) is 0 Å². The lowest BCUT2D eigenvalue weighted by atomic mass is 10.0. The lowest BCUT2D eigenvalue weighted by Gasteiger charge is -2.10. The topological polar surface area (TPSA) is 29.5 Å². The first-order valence-electron chi connectivity index (χ1n) is 4.67. The molecule has 0 heterocycles. The Morgan fingerprint density at radius 2 is 2.07 bits per heavy atom. The molecule has 0 aromatic heterocycles. The van der Waals surface area contributed by atoms with Crippen LogP contribution in [-0.4, -0.2) is 18.3 Å². The monoisotopic (exact) mass is 216 g/mol. The third-order valence-electron chi connectivity index (χ3n) is 2.06. The molecular formula is C11H14F2O2. The van der Waals surface area contributed by atoms with Crippen LogP contribution >= 0.6 is 0 Å². The second-order valence-corrected chi connectivity index (χ2v) is 3.43. The maximum atomic E-state index is 12.6. The normalized spacial score (nSPS) is 12.9. The van der Waals surface area contributed by atoms with Crippen molar-refractivity contribution >= 4 is 0 Å². The van der Waals surface area contributed by atoms with E-state index in [0.717, 1.165) is 0 Å². The van der Waals surface area contributed by atoms with Crippen molar-refractivity contribution in [1.29, 1.82) is 0 Å². The molecule has 4 heteroatoms. The van der Waals surface area contributed by atoms with Crippen LogP contribution in [0.15, 0.2) is 18.2 Å².